The Labute approximate surface area is 357 Å². The summed E-state index contributed by atoms with van der Waals surface area (Å²) in [6.45, 7) is 5.04. The molecule has 0 bridgehead atoms. The summed E-state index contributed by atoms with van der Waals surface area (Å²) in [7, 11) is 0. The predicted octanol–water partition coefficient (Wildman–Crippen LogP) is 10.2. The minimum atomic E-state index is -1.06. The molecule has 0 spiro atoms. The van der Waals surface area contributed by atoms with E-state index in [0.717, 1.165) is 107 Å². The minimum absolute atomic E-state index is 0.0424. The maximum absolute atomic E-state index is 9.99. The number of oxime groups is 1. The molecule has 9 nitrogen and oxygen atoms in total. The molecule has 2 aliphatic carbocycles. The summed E-state index contributed by atoms with van der Waals surface area (Å²) in [6, 6.07) is 30.8. The molecule has 0 amide bonds. The molecule has 1 aromatic heterocycles. The molecular formula is C50H55N3O6S. The van der Waals surface area contributed by atoms with Gasteiger partial charge in [0.15, 0.2) is 0 Å². The van der Waals surface area contributed by atoms with Gasteiger partial charge < -0.3 is 29.3 Å². The van der Waals surface area contributed by atoms with Gasteiger partial charge in [0.25, 0.3) is 0 Å². The van der Waals surface area contributed by atoms with Crippen LogP contribution in [0.4, 0.5) is 0 Å². The molecule has 0 saturated heterocycles. The van der Waals surface area contributed by atoms with Crippen molar-refractivity contribution in [1.29, 1.82) is 0 Å². The monoisotopic (exact) mass is 825 g/mol. The van der Waals surface area contributed by atoms with E-state index >= 15 is 0 Å². The second-order valence-electron chi connectivity index (χ2n) is 15.9. The normalized spacial score (nSPS) is 23.6. The van der Waals surface area contributed by atoms with Gasteiger partial charge in [-0.15, -0.1) is 6.58 Å². The number of aliphatic hydroxyl groups excluding tert-OH is 2. The Bertz CT molecular complexity index is 2250. The van der Waals surface area contributed by atoms with Crippen LogP contribution in [-0.2, 0) is 22.6 Å². The standard InChI is InChI=1S/C50H55N3O6S/c1-2-27-56-50-47(60-28-22-39-33-51-23-24-52-39)32-45(53-57-34-35-12-4-3-5-13-35)43-30-38(16-8-10-25-54)42(17-9-11-26-55)48(49(43)50)44-31-41(20-21-46(44)59-50)58-40-19-18-36-14-6-7-15-37(36)29-40/h2-7,12-15,18-21,23-24,29-31,33,38,42,47-49,54-55H,1,8-11,16-17,22,25-28,32,34H2/t38-,42+,47-,48+,49+,50+/m0/s1. The molecular weight excluding hydrogens is 771 g/mol. The maximum Gasteiger partial charge on any atom is 0.230 e. The van der Waals surface area contributed by atoms with Gasteiger partial charge in [0.05, 0.1) is 29.2 Å². The first-order valence-electron chi connectivity index (χ1n) is 21.4. The molecule has 5 aromatic rings. The highest BCUT2D eigenvalue weighted by Crippen LogP contribution is 2.62. The number of allylic oxidation sites excluding steroid dienone is 1. The Hall–Kier alpha value is -5.00. The van der Waals surface area contributed by atoms with Crippen LogP contribution in [0.15, 0.2) is 139 Å². The fourth-order valence-electron chi connectivity index (χ4n) is 9.43. The molecule has 2 N–H and O–H groups in total. The van der Waals surface area contributed by atoms with Crippen molar-refractivity contribution < 1.29 is 29.3 Å². The van der Waals surface area contributed by atoms with Crippen molar-refractivity contribution in [3.05, 3.63) is 151 Å². The Morgan fingerprint density at radius 3 is 2.47 bits per heavy atom. The molecule has 10 heteroatoms. The lowest BCUT2D eigenvalue weighted by Crippen LogP contribution is -2.64. The number of rotatable bonds is 20. The molecule has 3 aliphatic rings. The number of hydrogen-bond donors (Lipinski definition) is 2. The van der Waals surface area contributed by atoms with E-state index in [0.29, 0.717) is 19.6 Å². The van der Waals surface area contributed by atoms with Crippen molar-refractivity contribution in [2.24, 2.45) is 22.9 Å². The van der Waals surface area contributed by atoms with Crippen LogP contribution in [0.1, 0.15) is 67.7 Å². The zero-order chi connectivity index (χ0) is 41.2. The molecule has 1 fully saturated rings. The van der Waals surface area contributed by atoms with Crippen molar-refractivity contribution in [1.82, 2.24) is 9.97 Å². The zero-order valence-electron chi connectivity index (χ0n) is 34.1. The van der Waals surface area contributed by atoms with Crippen molar-refractivity contribution in [3.8, 4) is 17.2 Å². The number of thioether (sulfide) groups is 1. The average molecular weight is 826 g/mol. The van der Waals surface area contributed by atoms with Gasteiger partial charge in [0.2, 0.25) is 5.79 Å². The fraction of sp³-hybridized carbons (Fsp3) is 0.380. The van der Waals surface area contributed by atoms with Crippen molar-refractivity contribution in [3.63, 3.8) is 0 Å². The molecule has 0 radical (unpaired) electrons. The highest BCUT2D eigenvalue weighted by molar-refractivity contribution is 8.00. The summed E-state index contributed by atoms with van der Waals surface area (Å²) < 4.78 is 21.1. The van der Waals surface area contributed by atoms with E-state index in [4.69, 9.17) is 24.2 Å². The van der Waals surface area contributed by atoms with Crippen LogP contribution < -0.4 is 9.47 Å². The quantitative estimate of drug-likeness (QED) is 0.0450. The highest BCUT2D eigenvalue weighted by Gasteiger charge is 2.64. The molecule has 60 heavy (non-hydrogen) atoms. The lowest BCUT2D eigenvalue weighted by molar-refractivity contribution is -0.223. The zero-order valence-corrected chi connectivity index (χ0v) is 34.9. The second kappa shape index (κ2) is 20.0. The van der Waals surface area contributed by atoms with Gasteiger partial charge in [0, 0.05) is 56.1 Å². The summed E-state index contributed by atoms with van der Waals surface area (Å²) in [5.74, 6) is 2.08. The number of aromatic nitrogens is 2. The van der Waals surface area contributed by atoms with Crippen LogP contribution >= 0.6 is 11.8 Å². The first-order chi connectivity index (χ1) is 29.6. The van der Waals surface area contributed by atoms with Crippen LogP contribution in [-0.4, -0.2) is 62.5 Å². The van der Waals surface area contributed by atoms with Crippen LogP contribution in [0.25, 0.3) is 10.8 Å². The summed E-state index contributed by atoms with van der Waals surface area (Å²) in [6.07, 6.45) is 15.9. The molecule has 0 unspecified atom stereocenters. The van der Waals surface area contributed by atoms with E-state index in [1.54, 1.807) is 18.5 Å². The van der Waals surface area contributed by atoms with Crippen LogP contribution in [0.5, 0.6) is 17.2 Å². The Kier molecular flexibility index (Phi) is 13.9. The number of hydrogen-bond acceptors (Lipinski definition) is 10. The Balaban J connectivity index is 1.25. The van der Waals surface area contributed by atoms with Crippen LogP contribution in [0, 0.1) is 17.8 Å². The molecule has 312 valence electrons. The van der Waals surface area contributed by atoms with Gasteiger partial charge in [-0.05, 0) is 95.5 Å². The summed E-state index contributed by atoms with van der Waals surface area (Å²) in [4.78, 5) is 15.1. The highest BCUT2D eigenvalue weighted by atomic mass is 32.2. The van der Waals surface area contributed by atoms with E-state index < -0.39 is 5.79 Å². The first kappa shape index (κ1) is 41.7. The SMILES string of the molecule is C=CCO[C@@]12Oc3ccc(Oc4ccc5ccccc5c4)cc3[C@H]3[C@H](CCCCO)[C@@H](CCCCO)C=C(C(=NOCc4ccccc4)C[C@@H]1SCCc1cnccn1)[C@H]32. The molecule has 6 atom stereocenters. The van der Waals surface area contributed by atoms with Crippen LogP contribution in [0.3, 0.4) is 0 Å². The number of fused-ring (bicyclic) bond motifs is 3. The average Bonchev–Trinajstić information content (AvgIpc) is 3.28. The van der Waals surface area contributed by atoms with Gasteiger partial charge in [-0.1, -0.05) is 90.8 Å². The van der Waals surface area contributed by atoms with E-state index in [9.17, 15) is 10.2 Å². The lowest BCUT2D eigenvalue weighted by Gasteiger charge is -2.58. The largest absolute Gasteiger partial charge is 0.460 e. The third-order valence-corrected chi connectivity index (χ3v) is 13.5. The van der Waals surface area contributed by atoms with E-state index in [-0.39, 0.29) is 42.1 Å². The molecule has 8 rings (SSSR count). The summed E-state index contributed by atoms with van der Waals surface area (Å²) >= 11 is 1.82. The second-order valence-corrected chi connectivity index (χ2v) is 17.2. The van der Waals surface area contributed by atoms with Gasteiger partial charge in [-0.25, -0.2) is 0 Å². The number of unbranched alkanes of at least 4 members (excludes halogenated alkanes) is 2. The maximum atomic E-state index is 9.99. The predicted molar refractivity (Wildman–Crippen MR) is 238 cm³/mol. The third-order valence-electron chi connectivity index (χ3n) is 12.1. The Morgan fingerprint density at radius 1 is 0.883 bits per heavy atom. The molecule has 4 aromatic carbocycles. The smallest absolute Gasteiger partial charge is 0.230 e. The van der Waals surface area contributed by atoms with Crippen molar-refractivity contribution in [2.75, 3.05) is 25.6 Å². The lowest BCUT2D eigenvalue weighted by atomic mass is 9.56. The first-order valence-corrected chi connectivity index (χ1v) is 22.4. The fourth-order valence-corrected chi connectivity index (χ4v) is 10.8. The van der Waals surface area contributed by atoms with Gasteiger partial charge in [-0.2, -0.15) is 11.8 Å². The van der Waals surface area contributed by atoms with E-state index in [2.05, 4.69) is 59.0 Å². The van der Waals surface area contributed by atoms with E-state index in [1.807, 2.05) is 72.6 Å². The molecule has 1 saturated carbocycles. The van der Waals surface area contributed by atoms with E-state index in [1.165, 1.54) is 0 Å². The van der Waals surface area contributed by atoms with Gasteiger partial charge in [0.1, 0.15) is 23.9 Å². The number of benzene rings is 4. The summed E-state index contributed by atoms with van der Waals surface area (Å²) in [5, 5.41) is 27.0. The number of aliphatic hydroxyl groups is 2. The number of aryl methyl sites for hydroxylation is 1. The van der Waals surface area contributed by atoms with Crippen molar-refractivity contribution in [2.45, 2.75) is 74.9 Å². The molecule has 1 aliphatic heterocycles. The van der Waals surface area contributed by atoms with Gasteiger partial charge >= 0.3 is 0 Å². The minimum Gasteiger partial charge on any atom is -0.460 e. The van der Waals surface area contributed by atoms with Crippen molar-refractivity contribution >= 4 is 28.2 Å². The summed E-state index contributed by atoms with van der Waals surface area (Å²) in [5.41, 5.74) is 5.07. The van der Waals surface area contributed by atoms with Gasteiger partial charge in [-0.3, -0.25) is 9.97 Å². The number of ether oxygens (including phenoxy) is 3. The molecule has 2 heterocycles. The third kappa shape index (κ3) is 9.32. The topological polar surface area (TPSA) is 116 Å². The Morgan fingerprint density at radius 2 is 1.67 bits per heavy atom. The van der Waals surface area contributed by atoms with Crippen LogP contribution in [0.2, 0.25) is 0 Å². The number of nitrogens with zero attached hydrogens (tertiary/aromatic N) is 3.